The highest BCUT2D eigenvalue weighted by Crippen LogP contribution is 2.31. The van der Waals surface area contributed by atoms with Crippen molar-refractivity contribution in [1.29, 1.82) is 0 Å². The van der Waals surface area contributed by atoms with Crippen LogP contribution in [0.15, 0.2) is 54.7 Å². The maximum Gasteiger partial charge on any atom is 0.161 e. The van der Waals surface area contributed by atoms with Crippen molar-refractivity contribution in [2.75, 3.05) is 25.0 Å². The van der Waals surface area contributed by atoms with E-state index in [1.54, 1.807) is 0 Å². The van der Waals surface area contributed by atoms with E-state index in [1.165, 1.54) is 16.6 Å². The monoisotopic (exact) mass is 447 g/mol. The minimum atomic E-state index is 0.235. The van der Waals surface area contributed by atoms with Crippen LogP contribution in [-0.2, 0) is 6.54 Å². The number of aromatic nitrogens is 1. The smallest absolute Gasteiger partial charge is 0.161 e. The molecule has 0 saturated carbocycles. The maximum atomic E-state index is 6.19. The van der Waals surface area contributed by atoms with Crippen molar-refractivity contribution >= 4 is 16.6 Å². The molecule has 0 unspecified atom stereocenters. The minimum absolute atomic E-state index is 0.235. The molecule has 1 fully saturated rings. The van der Waals surface area contributed by atoms with Gasteiger partial charge in [0.2, 0.25) is 0 Å². The van der Waals surface area contributed by atoms with Crippen molar-refractivity contribution in [2.45, 2.75) is 65.1 Å². The lowest BCUT2D eigenvalue weighted by Gasteiger charge is -2.33. The lowest BCUT2D eigenvalue weighted by atomic mass is 10.0. The summed E-state index contributed by atoms with van der Waals surface area (Å²) in [4.78, 5) is 7.02. The van der Waals surface area contributed by atoms with Crippen LogP contribution in [0.25, 0.3) is 10.9 Å². The summed E-state index contributed by atoms with van der Waals surface area (Å²) in [6, 6.07) is 17.3. The molecule has 1 aliphatic heterocycles. The topological polar surface area (TPSA) is 46.6 Å². The van der Waals surface area contributed by atoms with Crippen molar-refractivity contribution in [1.82, 2.24) is 9.88 Å². The average Bonchev–Trinajstić information content (AvgIpc) is 2.85. The van der Waals surface area contributed by atoms with Gasteiger partial charge in [-0.05, 0) is 62.4 Å². The number of benzene rings is 2. The Labute approximate surface area is 198 Å². The van der Waals surface area contributed by atoms with Crippen LogP contribution in [-0.4, -0.2) is 41.7 Å². The summed E-state index contributed by atoms with van der Waals surface area (Å²) in [6.07, 6.45) is 6.39. The van der Waals surface area contributed by atoms with Crippen LogP contribution in [0.3, 0.4) is 0 Å². The van der Waals surface area contributed by atoms with Gasteiger partial charge in [-0.1, -0.05) is 38.1 Å². The van der Waals surface area contributed by atoms with E-state index in [4.69, 9.17) is 9.47 Å². The van der Waals surface area contributed by atoms with E-state index in [9.17, 15) is 0 Å². The molecule has 2 heterocycles. The fourth-order valence-electron chi connectivity index (χ4n) is 4.59. The van der Waals surface area contributed by atoms with Crippen LogP contribution in [0.5, 0.6) is 11.5 Å². The number of ether oxygens (including phenoxy) is 2. The molecule has 0 aliphatic carbocycles. The predicted molar refractivity (Wildman–Crippen MR) is 136 cm³/mol. The number of fused-ring (bicyclic) bond motifs is 1. The molecule has 5 heteroatoms. The molecule has 1 aromatic heterocycles. The second-order valence-electron chi connectivity index (χ2n) is 8.84. The van der Waals surface area contributed by atoms with E-state index in [0.29, 0.717) is 12.6 Å². The van der Waals surface area contributed by atoms with Gasteiger partial charge in [0.15, 0.2) is 11.5 Å². The van der Waals surface area contributed by atoms with Crippen LogP contribution >= 0.6 is 0 Å². The summed E-state index contributed by atoms with van der Waals surface area (Å²) < 4.78 is 12.1. The van der Waals surface area contributed by atoms with Gasteiger partial charge in [0.25, 0.3) is 0 Å². The molecular formula is C28H37N3O2. The zero-order chi connectivity index (χ0) is 23.0. The van der Waals surface area contributed by atoms with Gasteiger partial charge in [0.1, 0.15) is 0 Å². The second-order valence-corrected chi connectivity index (χ2v) is 8.84. The molecule has 1 N–H and O–H groups in total. The normalized spacial score (nSPS) is 15.2. The predicted octanol–water partition coefficient (Wildman–Crippen LogP) is 6.28. The fourth-order valence-corrected chi connectivity index (χ4v) is 4.59. The molecule has 5 nitrogen and oxygen atoms in total. The van der Waals surface area contributed by atoms with Crippen molar-refractivity contribution in [3.8, 4) is 11.5 Å². The van der Waals surface area contributed by atoms with Gasteiger partial charge in [-0.25, -0.2) is 0 Å². The average molecular weight is 448 g/mol. The zero-order valence-electron chi connectivity index (χ0n) is 20.2. The summed E-state index contributed by atoms with van der Waals surface area (Å²) in [5.41, 5.74) is 3.51. The van der Waals surface area contributed by atoms with Crippen LogP contribution in [0.1, 0.15) is 52.0 Å². The van der Waals surface area contributed by atoms with Crippen LogP contribution < -0.4 is 14.8 Å². The first kappa shape index (κ1) is 23.4. The Balaban J connectivity index is 1.35. The third kappa shape index (κ3) is 5.97. The van der Waals surface area contributed by atoms with Gasteiger partial charge in [-0.2, -0.15) is 0 Å². The highest BCUT2D eigenvalue weighted by Gasteiger charge is 2.20. The van der Waals surface area contributed by atoms with Crippen molar-refractivity contribution in [2.24, 2.45) is 0 Å². The van der Waals surface area contributed by atoms with E-state index < -0.39 is 0 Å². The summed E-state index contributed by atoms with van der Waals surface area (Å²) >= 11 is 0. The number of rotatable bonds is 10. The Morgan fingerprint density at radius 3 is 2.55 bits per heavy atom. The minimum Gasteiger partial charge on any atom is -0.490 e. The molecule has 0 amide bonds. The number of pyridine rings is 1. The Morgan fingerprint density at radius 1 is 1.00 bits per heavy atom. The number of hydrogen-bond acceptors (Lipinski definition) is 5. The summed E-state index contributed by atoms with van der Waals surface area (Å²) in [5.74, 6) is 1.73. The molecule has 0 atom stereocenters. The standard InChI is InChI=1S/C28H37N3O2/c1-4-23(5-2)33-27-12-11-21(19-28(27)32-6-3)20-31-17-14-22(15-18-31)30-26-13-16-29-25-10-8-7-9-24(25)26/h7-13,16,19,22-23H,4-6,14-15,17-18,20H2,1-3H3,(H,29,30). The van der Waals surface area contributed by atoms with E-state index in [0.717, 1.165) is 62.3 Å². The van der Waals surface area contributed by atoms with Gasteiger partial charge in [-0.15, -0.1) is 0 Å². The summed E-state index contributed by atoms with van der Waals surface area (Å²) in [6.45, 7) is 10.1. The first-order valence-corrected chi connectivity index (χ1v) is 12.4. The Morgan fingerprint density at radius 2 is 1.79 bits per heavy atom. The first-order chi connectivity index (χ1) is 16.2. The van der Waals surface area contributed by atoms with Crippen molar-refractivity contribution < 1.29 is 9.47 Å². The quantitative estimate of drug-likeness (QED) is 0.396. The number of para-hydroxylation sites is 1. The van der Waals surface area contributed by atoms with E-state index in [1.807, 2.05) is 19.2 Å². The van der Waals surface area contributed by atoms with Crippen LogP contribution in [0.4, 0.5) is 5.69 Å². The molecule has 0 spiro atoms. The molecule has 1 aliphatic rings. The second kappa shape index (κ2) is 11.4. The number of piperidine rings is 1. The van der Waals surface area contributed by atoms with E-state index in [-0.39, 0.29) is 6.10 Å². The molecule has 3 aromatic rings. The van der Waals surface area contributed by atoms with E-state index in [2.05, 4.69) is 71.5 Å². The summed E-state index contributed by atoms with van der Waals surface area (Å²) in [5, 5.41) is 4.96. The number of hydrogen-bond donors (Lipinski definition) is 1. The van der Waals surface area contributed by atoms with Crippen LogP contribution in [0, 0.1) is 0 Å². The number of likely N-dealkylation sites (tertiary alicyclic amines) is 1. The third-order valence-corrected chi connectivity index (χ3v) is 6.51. The molecule has 176 valence electrons. The molecule has 2 aromatic carbocycles. The third-order valence-electron chi connectivity index (χ3n) is 6.51. The molecule has 0 radical (unpaired) electrons. The Hall–Kier alpha value is -2.79. The van der Waals surface area contributed by atoms with Gasteiger partial charge in [0.05, 0.1) is 18.2 Å². The van der Waals surface area contributed by atoms with Gasteiger partial charge in [0, 0.05) is 42.9 Å². The zero-order valence-corrected chi connectivity index (χ0v) is 20.2. The van der Waals surface area contributed by atoms with Crippen molar-refractivity contribution in [3.63, 3.8) is 0 Å². The number of nitrogens with zero attached hydrogens (tertiary/aromatic N) is 2. The van der Waals surface area contributed by atoms with Crippen LogP contribution in [0.2, 0.25) is 0 Å². The molecule has 0 bridgehead atoms. The highest BCUT2D eigenvalue weighted by molar-refractivity contribution is 5.90. The lowest BCUT2D eigenvalue weighted by Crippen LogP contribution is -2.38. The summed E-state index contributed by atoms with van der Waals surface area (Å²) in [7, 11) is 0. The largest absolute Gasteiger partial charge is 0.490 e. The highest BCUT2D eigenvalue weighted by atomic mass is 16.5. The van der Waals surface area contributed by atoms with Gasteiger partial charge < -0.3 is 14.8 Å². The van der Waals surface area contributed by atoms with E-state index >= 15 is 0 Å². The van der Waals surface area contributed by atoms with Gasteiger partial charge >= 0.3 is 0 Å². The molecule has 33 heavy (non-hydrogen) atoms. The number of nitrogens with one attached hydrogen (secondary N) is 1. The molecule has 4 rings (SSSR count). The maximum absolute atomic E-state index is 6.19. The Bertz CT molecular complexity index is 1020. The lowest BCUT2D eigenvalue weighted by molar-refractivity contribution is 0.181. The first-order valence-electron chi connectivity index (χ1n) is 12.4. The Kier molecular flexibility index (Phi) is 8.05. The molecule has 1 saturated heterocycles. The number of anilines is 1. The molecular weight excluding hydrogens is 410 g/mol. The SMILES string of the molecule is CCOc1cc(CN2CCC(Nc3ccnc4ccccc34)CC2)ccc1OC(CC)CC. The van der Waals surface area contributed by atoms with Crippen molar-refractivity contribution in [3.05, 3.63) is 60.3 Å². The van der Waals surface area contributed by atoms with Gasteiger partial charge in [-0.3, -0.25) is 9.88 Å². The fraction of sp³-hybridized carbons (Fsp3) is 0.464.